The van der Waals surface area contributed by atoms with Gasteiger partial charge in [0.1, 0.15) is 5.75 Å². The lowest BCUT2D eigenvalue weighted by molar-refractivity contribution is -0.0738. The minimum Gasteiger partial charge on any atom is -0.497 e. The molecule has 0 atom stereocenters. The molecule has 2 aromatic rings. The van der Waals surface area contributed by atoms with Crippen molar-refractivity contribution >= 4 is 11.8 Å². The summed E-state index contributed by atoms with van der Waals surface area (Å²) in [5.41, 5.74) is 3.02. The van der Waals surface area contributed by atoms with Crippen molar-refractivity contribution in [1.82, 2.24) is 9.80 Å². The van der Waals surface area contributed by atoms with Gasteiger partial charge in [-0.3, -0.25) is 9.80 Å². The van der Waals surface area contributed by atoms with E-state index >= 15 is 0 Å². The smallest absolute Gasteiger partial charge is 0.118 e. The molecule has 0 spiro atoms. The van der Waals surface area contributed by atoms with Crippen LogP contribution in [0.2, 0.25) is 0 Å². The van der Waals surface area contributed by atoms with Crippen LogP contribution in [0, 0.1) is 0 Å². The summed E-state index contributed by atoms with van der Waals surface area (Å²) in [6.45, 7) is 5.67. The van der Waals surface area contributed by atoms with Gasteiger partial charge in [0, 0.05) is 22.4 Å². The summed E-state index contributed by atoms with van der Waals surface area (Å²) in [5.74, 6) is 0.910. The Morgan fingerprint density at radius 3 is 2.34 bits per heavy atom. The zero-order valence-electron chi connectivity index (χ0n) is 17.9. The molecule has 3 nitrogen and oxygen atoms in total. The number of ether oxygens (including phenoxy) is 1. The summed E-state index contributed by atoms with van der Waals surface area (Å²) in [6.07, 6.45) is 9.46. The second-order valence-electron chi connectivity index (χ2n) is 8.45. The second kappa shape index (κ2) is 10.0. The van der Waals surface area contributed by atoms with Crippen molar-refractivity contribution in [3.05, 3.63) is 53.6 Å². The molecule has 4 heteroatoms. The van der Waals surface area contributed by atoms with E-state index < -0.39 is 0 Å². The van der Waals surface area contributed by atoms with Gasteiger partial charge in [-0.25, -0.2) is 0 Å². The zero-order valence-corrected chi connectivity index (χ0v) is 18.7. The number of benzene rings is 2. The van der Waals surface area contributed by atoms with E-state index in [4.69, 9.17) is 4.74 Å². The van der Waals surface area contributed by atoms with Crippen molar-refractivity contribution in [2.24, 2.45) is 0 Å². The van der Waals surface area contributed by atoms with Crippen LogP contribution in [0.1, 0.15) is 56.6 Å². The fraction of sp³-hybridized carbons (Fsp3) is 0.520. The zero-order chi connectivity index (χ0) is 20.1. The highest BCUT2D eigenvalue weighted by Gasteiger charge is 2.31. The monoisotopic (exact) mass is 410 g/mol. The fourth-order valence-corrected chi connectivity index (χ4v) is 5.47. The van der Waals surface area contributed by atoms with Crippen molar-refractivity contribution in [2.45, 2.75) is 74.2 Å². The van der Waals surface area contributed by atoms with Gasteiger partial charge in [0.25, 0.3) is 0 Å². The molecule has 156 valence electrons. The highest BCUT2D eigenvalue weighted by Crippen LogP contribution is 2.32. The van der Waals surface area contributed by atoms with Crippen LogP contribution in [0.5, 0.6) is 5.75 Å². The number of hydrogen-bond acceptors (Lipinski definition) is 4. The van der Waals surface area contributed by atoms with Crippen LogP contribution in [0.25, 0.3) is 0 Å². The molecular weight excluding hydrogens is 376 g/mol. The summed E-state index contributed by atoms with van der Waals surface area (Å²) >= 11 is 1.84. The van der Waals surface area contributed by atoms with E-state index in [1.165, 1.54) is 59.4 Å². The van der Waals surface area contributed by atoms with E-state index in [2.05, 4.69) is 47.1 Å². The Morgan fingerprint density at radius 2 is 1.66 bits per heavy atom. The largest absolute Gasteiger partial charge is 0.497 e. The first-order valence-electron chi connectivity index (χ1n) is 11.2. The third-order valence-electron chi connectivity index (χ3n) is 6.24. The van der Waals surface area contributed by atoms with Gasteiger partial charge in [0.05, 0.1) is 20.4 Å². The normalized spacial score (nSPS) is 18.6. The highest BCUT2D eigenvalue weighted by atomic mass is 32.2. The van der Waals surface area contributed by atoms with Gasteiger partial charge in [-0.15, -0.1) is 0 Å². The molecule has 0 unspecified atom stereocenters. The topological polar surface area (TPSA) is 15.7 Å². The van der Waals surface area contributed by atoms with Crippen molar-refractivity contribution in [2.75, 3.05) is 20.4 Å². The number of hydrogen-bond donors (Lipinski definition) is 0. The molecule has 1 aliphatic heterocycles. The first-order valence-corrected chi connectivity index (χ1v) is 12.0. The molecule has 0 radical (unpaired) electrons. The predicted octanol–water partition coefficient (Wildman–Crippen LogP) is 6.16. The molecule has 1 saturated carbocycles. The first kappa shape index (κ1) is 20.8. The van der Waals surface area contributed by atoms with Crippen LogP contribution in [-0.4, -0.2) is 36.3 Å². The van der Waals surface area contributed by atoms with Crippen LogP contribution in [0.4, 0.5) is 0 Å². The lowest BCUT2D eigenvalue weighted by Crippen LogP contribution is -2.58. The SMILES string of the molecule is CCCc1cc(Sc2ccc(OC)cc2)ccc1CN1CN(C2CCCCC2)C1. The lowest BCUT2D eigenvalue weighted by atomic mass is 9.94. The van der Waals surface area contributed by atoms with E-state index in [0.29, 0.717) is 0 Å². The van der Waals surface area contributed by atoms with Gasteiger partial charge in [-0.05, 0) is 66.8 Å². The van der Waals surface area contributed by atoms with Crippen LogP contribution >= 0.6 is 11.8 Å². The molecular formula is C25H34N2OS. The molecule has 0 N–H and O–H groups in total. The van der Waals surface area contributed by atoms with E-state index in [0.717, 1.165) is 38.1 Å². The molecule has 2 aliphatic rings. The number of aryl methyl sites for hydroxylation is 1. The Balaban J connectivity index is 1.37. The summed E-state index contributed by atoms with van der Waals surface area (Å²) in [6, 6.07) is 16.2. The number of methoxy groups -OCH3 is 1. The third kappa shape index (κ3) is 5.36. The van der Waals surface area contributed by atoms with Gasteiger partial charge in [-0.2, -0.15) is 0 Å². The maximum Gasteiger partial charge on any atom is 0.118 e. The van der Waals surface area contributed by atoms with Crippen molar-refractivity contribution in [3.63, 3.8) is 0 Å². The fourth-order valence-electron chi connectivity index (χ4n) is 4.59. The van der Waals surface area contributed by atoms with Crippen LogP contribution < -0.4 is 4.74 Å². The Labute approximate surface area is 180 Å². The van der Waals surface area contributed by atoms with E-state index in [1.54, 1.807) is 7.11 Å². The average molecular weight is 411 g/mol. The van der Waals surface area contributed by atoms with Gasteiger partial charge in [0.2, 0.25) is 0 Å². The van der Waals surface area contributed by atoms with Gasteiger partial charge in [0.15, 0.2) is 0 Å². The van der Waals surface area contributed by atoms with Crippen molar-refractivity contribution in [1.29, 1.82) is 0 Å². The molecule has 0 aromatic heterocycles. The Hall–Kier alpha value is -1.49. The molecule has 2 fully saturated rings. The summed E-state index contributed by atoms with van der Waals surface area (Å²) in [4.78, 5) is 7.87. The maximum absolute atomic E-state index is 5.27. The minimum atomic E-state index is 0.846. The molecule has 4 rings (SSSR count). The van der Waals surface area contributed by atoms with Gasteiger partial charge >= 0.3 is 0 Å². The maximum atomic E-state index is 5.27. The lowest BCUT2D eigenvalue weighted by Gasteiger charge is -2.48. The molecule has 1 heterocycles. The summed E-state index contributed by atoms with van der Waals surface area (Å²) < 4.78 is 5.27. The van der Waals surface area contributed by atoms with Gasteiger partial charge < -0.3 is 4.74 Å². The second-order valence-corrected chi connectivity index (χ2v) is 9.60. The summed E-state index contributed by atoms with van der Waals surface area (Å²) in [5, 5.41) is 0. The summed E-state index contributed by atoms with van der Waals surface area (Å²) in [7, 11) is 1.71. The number of rotatable bonds is 8. The first-order chi connectivity index (χ1) is 14.2. The molecule has 1 aliphatic carbocycles. The molecule has 29 heavy (non-hydrogen) atoms. The highest BCUT2D eigenvalue weighted by molar-refractivity contribution is 7.99. The van der Waals surface area contributed by atoms with Crippen molar-refractivity contribution < 1.29 is 4.74 Å². The van der Waals surface area contributed by atoms with Crippen LogP contribution in [-0.2, 0) is 13.0 Å². The van der Waals surface area contributed by atoms with E-state index in [1.807, 2.05) is 23.9 Å². The van der Waals surface area contributed by atoms with Gasteiger partial charge in [-0.1, -0.05) is 50.4 Å². The van der Waals surface area contributed by atoms with E-state index in [-0.39, 0.29) is 0 Å². The molecule has 0 bridgehead atoms. The Morgan fingerprint density at radius 1 is 0.931 bits per heavy atom. The Bertz CT molecular complexity index is 780. The Kier molecular flexibility index (Phi) is 7.17. The average Bonchev–Trinajstić information content (AvgIpc) is 2.73. The third-order valence-corrected chi connectivity index (χ3v) is 7.24. The van der Waals surface area contributed by atoms with E-state index in [9.17, 15) is 0 Å². The van der Waals surface area contributed by atoms with Crippen molar-refractivity contribution in [3.8, 4) is 5.75 Å². The molecule has 1 saturated heterocycles. The minimum absolute atomic E-state index is 0.846. The molecule has 2 aromatic carbocycles. The molecule has 0 amide bonds. The van der Waals surface area contributed by atoms with Crippen LogP contribution in [0.15, 0.2) is 52.3 Å². The van der Waals surface area contributed by atoms with Crippen LogP contribution in [0.3, 0.4) is 0 Å². The standard InChI is InChI=1S/C25H34N2OS/c1-3-7-20-16-25(29-24-14-11-23(28-2)12-15-24)13-10-21(20)17-26-18-27(19-26)22-8-5-4-6-9-22/h10-16,22H,3-9,17-19H2,1-2H3. The number of nitrogens with zero attached hydrogens (tertiary/aromatic N) is 2. The quantitative estimate of drug-likeness (QED) is 0.517. The predicted molar refractivity (Wildman–Crippen MR) is 122 cm³/mol.